The molecule has 0 saturated carbocycles. The standard InChI is InChI=1S/C12H14ClNO3/c1-8(12(16)17)11(15)14(2)7-9-5-3-4-6-10(9)13/h3-6,8H,7H2,1-2H3,(H,16,17). The number of hydrogen-bond donors (Lipinski definition) is 1. The van der Waals surface area contributed by atoms with Crippen molar-refractivity contribution in [3.63, 3.8) is 0 Å². The van der Waals surface area contributed by atoms with E-state index < -0.39 is 17.8 Å². The lowest BCUT2D eigenvalue weighted by Crippen LogP contribution is -2.35. The highest BCUT2D eigenvalue weighted by Crippen LogP contribution is 2.17. The largest absolute Gasteiger partial charge is 0.481 e. The summed E-state index contributed by atoms with van der Waals surface area (Å²) in [6.07, 6.45) is 0. The number of carboxylic acid groups (broad SMARTS) is 1. The van der Waals surface area contributed by atoms with Crippen LogP contribution >= 0.6 is 11.6 Å². The van der Waals surface area contributed by atoms with E-state index in [2.05, 4.69) is 0 Å². The fourth-order valence-electron chi connectivity index (χ4n) is 1.40. The Bertz CT molecular complexity index is 434. The molecule has 0 saturated heterocycles. The number of hydrogen-bond acceptors (Lipinski definition) is 2. The maximum absolute atomic E-state index is 11.7. The molecule has 0 radical (unpaired) electrons. The number of nitrogens with zero attached hydrogens (tertiary/aromatic N) is 1. The molecule has 17 heavy (non-hydrogen) atoms. The lowest BCUT2D eigenvalue weighted by molar-refractivity contribution is -0.149. The van der Waals surface area contributed by atoms with Gasteiger partial charge in [0, 0.05) is 18.6 Å². The fourth-order valence-corrected chi connectivity index (χ4v) is 1.59. The zero-order chi connectivity index (χ0) is 13.0. The van der Waals surface area contributed by atoms with E-state index in [0.29, 0.717) is 11.6 Å². The Morgan fingerprint density at radius 1 is 1.41 bits per heavy atom. The summed E-state index contributed by atoms with van der Waals surface area (Å²) in [4.78, 5) is 23.8. The highest BCUT2D eigenvalue weighted by molar-refractivity contribution is 6.31. The van der Waals surface area contributed by atoms with E-state index in [1.807, 2.05) is 6.07 Å². The molecule has 1 N–H and O–H groups in total. The number of aliphatic carboxylic acids is 1. The van der Waals surface area contributed by atoms with Crippen LogP contribution in [0.4, 0.5) is 0 Å². The summed E-state index contributed by atoms with van der Waals surface area (Å²) >= 11 is 5.96. The van der Waals surface area contributed by atoms with Gasteiger partial charge in [-0.1, -0.05) is 29.8 Å². The van der Waals surface area contributed by atoms with Crippen LogP contribution in [-0.4, -0.2) is 28.9 Å². The van der Waals surface area contributed by atoms with Crippen molar-refractivity contribution in [3.8, 4) is 0 Å². The Labute approximate surface area is 105 Å². The summed E-state index contributed by atoms with van der Waals surface area (Å²) in [5, 5.41) is 9.31. The number of amides is 1. The molecule has 5 heteroatoms. The number of halogens is 1. The highest BCUT2D eigenvalue weighted by Gasteiger charge is 2.24. The molecular formula is C12H14ClNO3. The van der Waals surface area contributed by atoms with E-state index in [9.17, 15) is 9.59 Å². The van der Waals surface area contributed by atoms with Crippen LogP contribution in [0, 0.1) is 5.92 Å². The molecule has 0 heterocycles. The lowest BCUT2D eigenvalue weighted by atomic mass is 10.1. The van der Waals surface area contributed by atoms with Gasteiger partial charge in [-0.2, -0.15) is 0 Å². The first-order valence-electron chi connectivity index (χ1n) is 5.14. The second-order valence-corrected chi connectivity index (χ2v) is 4.25. The Balaban J connectivity index is 2.73. The molecule has 0 aliphatic rings. The van der Waals surface area contributed by atoms with Gasteiger partial charge in [0.2, 0.25) is 5.91 Å². The van der Waals surface area contributed by atoms with Crippen molar-refractivity contribution < 1.29 is 14.7 Å². The topological polar surface area (TPSA) is 57.6 Å². The van der Waals surface area contributed by atoms with E-state index in [4.69, 9.17) is 16.7 Å². The molecule has 0 spiro atoms. The maximum Gasteiger partial charge on any atom is 0.315 e. The van der Waals surface area contributed by atoms with Crippen LogP contribution in [-0.2, 0) is 16.1 Å². The van der Waals surface area contributed by atoms with Crippen molar-refractivity contribution in [2.24, 2.45) is 5.92 Å². The molecular weight excluding hydrogens is 242 g/mol. The zero-order valence-corrected chi connectivity index (χ0v) is 10.4. The van der Waals surface area contributed by atoms with Gasteiger partial charge < -0.3 is 10.0 Å². The molecule has 1 rings (SSSR count). The number of benzene rings is 1. The maximum atomic E-state index is 11.7. The molecule has 1 aromatic rings. The third kappa shape index (κ3) is 3.46. The van der Waals surface area contributed by atoms with Crippen molar-refractivity contribution >= 4 is 23.5 Å². The summed E-state index contributed by atoms with van der Waals surface area (Å²) in [7, 11) is 1.56. The molecule has 0 bridgehead atoms. The molecule has 1 unspecified atom stereocenters. The summed E-state index contributed by atoms with van der Waals surface area (Å²) in [6, 6.07) is 7.15. The second kappa shape index (κ2) is 5.68. The third-order valence-electron chi connectivity index (χ3n) is 2.48. The van der Waals surface area contributed by atoms with Crippen molar-refractivity contribution in [1.29, 1.82) is 0 Å². The Morgan fingerprint density at radius 2 is 2.00 bits per heavy atom. The van der Waals surface area contributed by atoms with Crippen molar-refractivity contribution in [1.82, 2.24) is 4.90 Å². The van der Waals surface area contributed by atoms with Crippen LogP contribution in [0.1, 0.15) is 12.5 Å². The molecule has 0 aliphatic carbocycles. The number of carbonyl (C=O) groups is 2. The van der Waals surface area contributed by atoms with Crippen molar-refractivity contribution in [3.05, 3.63) is 34.9 Å². The minimum Gasteiger partial charge on any atom is -0.481 e. The molecule has 0 aromatic heterocycles. The second-order valence-electron chi connectivity index (χ2n) is 3.85. The SMILES string of the molecule is CC(C(=O)O)C(=O)N(C)Cc1ccccc1Cl. The number of carbonyl (C=O) groups excluding carboxylic acids is 1. The lowest BCUT2D eigenvalue weighted by Gasteiger charge is -2.20. The van der Waals surface area contributed by atoms with Gasteiger partial charge in [0.1, 0.15) is 5.92 Å². The Morgan fingerprint density at radius 3 is 2.53 bits per heavy atom. The smallest absolute Gasteiger partial charge is 0.315 e. The molecule has 4 nitrogen and oxygen atoms in total. The van der Waals surface area contributed by atoms with Crippen LogP contribution < -0.4 is 0 Å². The van der Waals surface area contributed by atoms with Crippen LogP contribution in [0.25, 0.3) is 0 Å². The first-order valence-corrected chi connectivity index (χ1v) is 5.52. The van der Waals surface area contributed by atoms with Gasteiger partial charge in [-0.3, -0.25) is 9.59 Å². The van der Waals surface area contributed by atoms with E-state index in [0.717, 1.165) is 5.56 Å². The Kier molecular flexibility index (Phi) is 4.52. The minimum absolute atomic E-state index is 0.302. The van der Waals surface area contributed by atoms with Crippen LogP contribution in [0.3, 0.4) is 0 Å². The van der Waals surface area contributed by atoms with E-state index in [-0.39, 0.29) is 0 Å². The summed E-state index contributed by atoms with van der Waals surface area (Å²) < 4.78 is 0. The van der Waals surface area contributed by atoms with Gasteiger partial charge in [-0.15, -0.1) is 0 Å². The third-order valence-corrected chi connectivity index (χ3v) is 2.85. The zero-order valence-electron chi connectivity index (χ0n) is 9.68. The predicted molar refractivity (Wildman–Crippen MR) is 64.7 cm³/mol. The van der Waals surface area contributed by atoms with Gasteiger partial charge in [0.05, 0.1) is 0 Å². The normalized spacial score (nSPS) is 11.9. The van der Waals surface area contributed by atoms with E-state index in [1.165, 1.54) is 11.8 Å². The van der Waals surface area contributed by atoms with Crippen molar-refractivity contribution in [2.45, 2.75) is 13.5 Å². The van der Waals surface area contributed by atoms with Gasteiger partial charge in [0.25, 0.3) is 0 Å². The quantitative estimate of drug-likeness (QED) is 0.838. The van der Waals surface area contributed by atoms with Gasteiger partial charge in [-0.25, -0.2) is 0 Å². The van der Waals surface area contributed by atoms with E-state index in [1.54, 1.807) is 25.2 Å². The van der Waals surface area contributed by atoms with Crippen LogP contribution in [0.2, 0.25) is 5.02 Å². The van der Waals surface area contributed by atoms with Gasteiger partial charge >= 0.3 is 5.97 Å². The Hall–Kier alpha value is -1.55. The number of rotatable bonds is 4. The highest BCUT2D eigenvalue weighted by atomic mass is 35.5. The average molecular weight is 256 g/mol. The fraction of sp³-hybridized carbons (Fsp3) is 0.333. The summed E-state index contributed by atoms with van der Waals surface area (Å²) in [5.41, 5.74) is 0.794. The molecule has 92 valence electrons. The predicted octanol–water partition coefficient (Wildman–Crippen LogP) is 2.02. The molecule has 0 aliphatic heterocycles. The van der Waals surface area contributed by atoms with E-state index >= 15 is 0 Å². The molecule has 1 atom stereocenters. The first kappa shape index (κ1) is 13.5. The summed E-state index contributed by atoms with van der Waals surface area (Å²) in [5.74, 6) is -2.60. The van der Waals surface area contributed by atoms with Gasteiger partial charge in [0.15, 0.2) is 0 Å². The molecule has 0 fully saturated rings. The molecule has 1 amide bonds. The van der Waals surface area contributed by atoms with Crippen LogP contribution in [0.15, 0.2) is 24.3 Å². The van der Waals surface area contributed by atoms with Gasteiger partial charge in [-0.05, 0) is 18.6 Å². The minimum atomic E-state index is -1.12. The monoisotopic (exact) mass is 255 g/mol. The van der Waals surface area contributed by atoms with Crippen LogP contribution in [0.5, 0.6) is 0 Å². The average Bonchev–Trinajstić information content (AvgIpc) is 2.30. The summed E-state index contributed by atoms with van der Waals surface area (Å²) in [6.45, 7) is 1.67. The number of carboxylic acids is 1. The first-order chi connectivity index (χ1) is 7.93. The molecule has 1 aromatic carbocycles. The van der Waals surface area contributed by atoms with Crippen molar-refractivity contribution in [2.75, 3.05) is 7.05 Å².